The van der Waals surface area contributed by atoms with Gasteiger partial charge in [0.1, 0.15) is 5.82 Å². The number of benzene rings is 2. The number of carbonyl (C=O) groups is 1. The van der Waals surface area contributed by atoms with Gasteiger partial charge in [-0.05, 0) is 48.9 Å². The Morgan fingerprint density at radius 2 is 2.00 bits per heavy atom. The topological polar surface area (TPSA) is 55.1 Å². The Morgan fingerprint density at radius 3 is 2.67 bits per heavy atom. The molecule has 0 radical (unpaired) electrons. The zero-order valence-corrected chi connectivity index (χ0v) is 12.5. The summed E-state index contributed by atoms with van der Waals surface area (Å²) in [6.07, 6.45) is 0. The number of hydrogen-bond acceptors (Lipinski definition) is 3. The average molecular weight is 304 g/mol. The molecule has 0 aliphatic rings. The molecule has 3 N–H and O–H groups in total. The summed E-state index contributed by atoms with van der Waals surface area (Å²) in [6.45, 7) is 1.92. The Labute approximate surface area is 127 Å². The summed E-state index contributed by atoms with van der Waals surface area (Å²) in [5.41, 5.74) is 7.46. The van der Waals surface area contributed by atoms with Crippen molar-refractivity contribution in [1.29, 1.82) is 0 Å². The molecule has 0 saturated carbocycles. The van der Waals surface area contributed by atoms with Crippen molar-refractivity contribution in [2.45, 2.75) is 17.9 Å². The van der Waals surface area contributed by atoms with Crippen LogP contribution in [-0.4, -0.2) is 11.7 Å². The Kier molecular flexibility index (Phi) is 5.36. The molecule has 0 spiro atoms. The van der Waals surface area contributed by atoms with Gasteiger partial charge in [-0.15, -0.1) is 11.8 Å². The summed E-state index contributed by atoms with van der Waals surface area (Å²) in [5.74, 6) is -0.160. The Balaban J connectivity index is 1.89. The Bertz CT molecular complexity index is 614. The van der Waals surface area contributed by atoms with Gasteiger partial charge < -0.3 is 11.1 Å². The van der Waals surface area contributed by atoms with Crippen LogP contribution in [0, 0.1) is 5.82 Å². The minimum atomic E-state index is -0.324. The predicted molar refractivity (Wildman–Crippen MR) is 84.8 cm³/mol. The summed E-state index contributed by atoms with van der Waals surface area (Å²) in [4.78, 5) is 12.8. The minimum Gasteiger partial charge on any atom is -0.325 e. The van der Waals surface area contributed by atoms with Crippen molar-refractivity contribution in [2.75, 3.05) is 11.1 Å². The molecular weight excluding hydrogens is 287 g/mol. The van der Waals surface area contributed by atoms with Crippen molar-refractivity contribution in [3.8, 4) is 0 Å². The quantitative estimate of drug-likeness (QED) is 0.830. The molecule has 5 heteroatoms. The van der Waals surface area contributed by atoms with E-state index in [4.69, 9.17) is 5.73 Å². The standard InChI is InChI=1S/C16H17FN2OS/c1-11(18)12-3-2-4-15(9-12)21-10-16(20)19-14-7-5-13(17)6-8-14/h2-9,11H,10,18H2,1H3,(H,19,20). The summed E-state index contributed by atoms with van der Waals surface area (Å²) in [6, 6.07) is 13.5. The van der Waals surface area contributed by atoms with Crippen LogP contribution < -0.4 is 11.1 Å². The summed E-state index contributed by atoms with van der Waals surface area (Å²) in [5, 5.41) is 2.73. The molecule has 0 heterocycles. The van der Waals surface area contributed by atoms with Crippen molar-refractivity contribution in [3.63, 3.8) is 0 Å². The molecule has 1 amide bonds. The van der Waals surface area contributed by atoms with Crippen molar-refractivity contribution in [2.24, 2.45) is 5.73 Å². The van der Waals surface area contributed by atoms with Gasteiger partial charge in [0.25, 0.3) is 0 Å². The third-order valence-electron chi connectivity index (χ3n) is 2.88. The fraction of sp³-hybridized carbons (Fsp3) is 0.188. The van der Waals surface area contributed by atoms with E-state index >= 15 is 0 Å². The first-order valence-corrected chi connectivity index (χ1v) is 7.57. The van der Waals surface area contributed by atoms with E-state index in [2.05, 4.69) is 5.32 Å². The normalized spacial score (nSPS) is 12.0. The van der Waals surface area contributed by atoms with Crippen molar-refractivity contribution >= 4 is 23.4 Å². The van der Waals surface area contributed by atoms with Gasteiger partial charge in [0, 0.05) is 16.6 Å². The van der Waals surface area contributed by atoms with Crippen LogP contribution in [0.4, 0.5) is 10.1 Å². The molecule has 3 nitrogen and oxygen atoms in total. The third kappa shape index (κ3) is 4.88. The highest BCUT2D eigenvalue weighted by atomic mass is 32.2. The summed E-state index contributed by atoms with van der Waals surface area (Å²) < 4.78 is 12.8. The molecule has 0 aliphatic carbocycles. The lowest BCUT2D eigenvalue weighted by atomic mass is 10.1. The van der Waals surface area contributed by atoms with E-state index < -0.39 is 0 Å². The lowest BCUT2D eigenvalue weighted by Crippen LogP contribution is -2.14. The highest BCUT2D eigenvalue weighted by Crippen LogP contribution is 2.21. The number of nitrogens with two attached hydrogens (primary N) is 1. The number of hydrogen-bond donors (Lipinski definition) is 2. The molecule has 0 saturated heterocycles. The highest BCUT2D eigenvalue weighted by molar-refractivity contribution is 8.00. The second-order valence-corrected chi connectivity index (χ2v) is 5.75. The number of anilines is 1. The zero-order chi connectivity index (χ0) is 15.2. The second-order valence-electron chi connectivity index (χ2n) is 4.70. The summed E-state index contributed by atoms with van der Waals surface area (Å²) in [7, 11) is 0. The zero-order valence-electron chi connectivity index (χ0n) is 11.7. The smallest absolute Gasteiger partial charge is 0.234 e. The predicted octanol–water partition coefficient (Wildman–Crippen LogP) is 3.58. The number of halogens is 1. The molecular formula is C16H17FN2OS. The first-order valence-electron chi connectivity index (χ1n) is 6.58. The van der Waals surface area contributed by atoms with Crippen LogP contribution in [0.15, 0.2) is 53.4 Å². The number of rotatable bonds is 5. The lowest BCUT2D eigenvalue weighted by Gasteiger charge is -2.08. The van der Waals surface area contributed by atoms with Crippen LogP contribution >= 0.6 is 11.8 Å². The molecule has 0 aliphatic heterocycles. The molecule has 2 aromatic carbocycles. The number of carbonyl (C=O) groups excluding carboxylic acids is 1. The molecule has 0 fully saturated rings. The van der Waals surface area contributed by atoms with E-state index in [1.165, 1.54) is 36.0 Å². The Hall–Kier alpha value is -1.85. The summed E-state index contributed by atoms with van der Waals surface area (Å²) >= 11 is 1.44. The highest BCUT2D eigenvalue weighted by Gasteiger charge is 2.05. The second kappa shape index (κ2) is 7.24. The molecule has 2 rings (SSSR count). The van der Waals surface area contributed by atoms with Gasteiger partial charge in [0.15, 0.2) is 0 Å². The lowest BCUT2D eigenvalue weighted by molar-refractivity contribution is -0.113. The van der Waals surface area contributed by atoms with E-state index in [1.54, 1.807) is 0 Å². The van der Waals surface area contributed by atoms with E-state index in [0.29, 0.717) is 11.4 Å². The molecule has 2 aromatic rings. The fourth-order valence-corrected chi connectivity index (χ4v) is 2.53. The molecule has 0 bridgehead atoms. The van der Waals surface area contributed by atoms with Crippen LogP contribution in [0.25, 0.3) is 0 Å². The number of thioether (sulfide) groups is 1. The number of nitrogens with one attached hydrogen (secondary N) is 1. The van der Waals surface area contributed by atoms with E-state index in [0.717, 1.165) is 10.5 Å². The van der Waals surface area contributed by atoms with E-state index in [1.807, 2.05) is 31.2 Å². The van der Waals surface area contributed by atoms with Crippen molar-refractivity contribution in [3.05, 3.63) is 59.9 Å². The van der Waals surface area contributed by atoms with Gasteiger partial charge >= 0.3 is 0 Å². The van der Waals surface area contributed by atoms with Gasteiger partial charge in [-0.25, -0.2) is 4.39 Å². The van der Waals surface area contributed by atoms with Crippen LogP contribution in [-0.2, 0) is 4.79 Å². The minimum absolute atomic E-state index is 0.0291. The van der Waals surface area contributed by atoms with E-state index in [-0.39, 0.29) is 17.8 Å². The largest absolute Gasteiger partial charge is 0.325 e. The molecule has 1 unspecified atom stereocenters. The van der Waals surface area contributed by atoms with Gasteiger partial charge in [-0.3, -0.25) is 4.79 Å². The maximum Gasteiger partial charge on any atom is 0.234 e. The monoisotopic (exact) mass is 304 g/mol. The van der Waals surface area contributed by atoms with Gasteiger partial charge in [0.2, 0.25) is 5.91 Å². The first-order chi connectivity index (χ1) is 10.0. The fourth-order valence-electron chi connectivity index (χ4n) is 1.77. The number of amides is 1. The molecule has 0 aromatic heterocycles. The van der Waals surface area contributed by atoms with Crippen molar-refractivity contribution in [1.82, 2.24) is 0 Å². The van der Waals surface area contributed by atoms with Gasteiger partial charge in [-0.1, -0.05) is 12.1 Å². The molecule has 1 atom stereocenters. The maximum atomic E-state index is 12.8. The SMILES string of the molecule is CC(N)c1cccc(SCC(=O)Nc2ccc(F)cc2)c1. The van der Waals surface area contributed by atoms with Crippen LogP contribution in [0.2, 0.25) is 0 Å². The Morgan fingerprint density at radius 1 is 1.29 bits per heavy atom. The van der Waals surface area contributed by atoms with Crippen molar-refractivity contribution < 1.29 is 9.18 Å². The van der Waals surface area contributed by atoms with Crippen LogP contribution in [0.3, 0.4) is 0 Å². The maximum absolute atomic E-state index is 12.8. The third-order valence-corrected chi connectivity index (χ3v) is 3.88. The average Bonchev–Trinajstić information content (AvgIpc) is 2.48. The van der Waals surface area contributed by atoms with Crippen LogP contribution in [0.1, 0.15) is 18.5 Å². The van der Waals surface area contributed by atoms with E-state index in [9.17, 15) is 9.18 Å². The van der Waals surface area contributed by atoms with Gasteiger partial charge in [0.05, 0.1) is 5.75 Å². The van der Waals surface area contributed by atoms with Crippen LogP contribution in [0.5, 0.6) is 0 Å². The first kappa shape index (κ1) is 15.5. The molecule has 21 heavy (non-hydrogen) atoms. The molecule has 110 valence electrons. The van der Waals surface area contributed by atoms with Gasteiger partial charge in [-0.2, -0.15) is 0 Å².